The number of benzene rings is 1. The molecule has 4 heteroatoms. The van der Waals surface area contributed by atoms with Crippen molar-refractivity contribution in [1.82, 2.24) is 4.98 Å². The van der Waals surface area contributed by atoms with Crippen LogP contribution in [-0.4, -0.2) is 33.7 Å². The highest BCUT2D eigenvalue weighted by atomic mass is 32.2. The van der Waals surface area contributed by atoms with Gasteiger partial charge in [-0.2, -0.15) is 11.8 Å². The lowest BCUT2D eigenvalue weighted by atomic mass is 9.82. The van der Waals surface area contributed by atoms with Gasteiger partial charge in [-0.15, -0.1) is 0 Å². The molecule has 3 N–H and O–H groups in total. The average Bonchev–Trinajstić information content (AvgIpc) is 3.14. The molecule has 1 fully saturated rings. The summed E-state index contributed by atoms with van der Waals surface area (Å²) in [6.07, 6.45) is 9.62. The van der Waals surface area contributed by atoms with Crippen molar-refractivity contribution in [3.63, 3.8) is 0 Å². The summed E-state index contributed by atoms with van der Waals surface area (Å²) in [5.74, 6) is 3.72. The standard InChI is InChI=1S/C24H32N2OS/c25-24(17-27)10-8-22(15-24)21-7-6-19-13-18(4-5-20(19)14-21)16-28-12-9-23-3-1-2-11-26-23/h1-3,6-7,11,14,18,22,27H,4-5,8-10,12-13,15-17,25H2/t18?,22-,24+/m0/s1. The minimum Gasteiger partial charge on any atom is -0.394 e. The van der Waals surface area contributed by atoms with Crippen molar-refractivity contribution in [2.24, 2.45) is 11.7 Å². The Labute approximate surface area is 173 Å². The van der Waals surface area contributed by atoms with Gasteiger partial charge >= 0.3 is 0 Å². The molecule has 1 heterocycles. The second-order valence-electron chi connectivity index (χ2n) is 8.74. The first-order chi connectivity index (χ1) is 13.6. The maximum Gasteiger partial charge on any atom is 0.0611 e. The number of fused-ring (bicyclic) bond motifs is 1. The fourth-order valence-electron chi connectivity index (χ4n) is 4.80. The molecule has 0 aliphatic heterocycles. The summed E-state index contributed by atoms with van der Waals surface area (Å²) < 4.78 is 0. The molecule has 150 valence electrons. The van der Waals surface area contributed by atoms with E-state index in [1.54, 1.807) is 11.1 Å². The summed E-state index contributed by atoms with van der Waals surface area (Å²) in [5.41, 5.74) is 11.6. The maximum atomic E-state index is 9.53. The molecule has 0 saturated heterocycles. The van der Waals surface area contributed by atoms with E-state index < -0.39 is 0 Å². The van der Waals surface area contributed by atoms with Crippen LogP contribution >= 0.6 is 11.8 Å². The van der Waals surface area contributed by atoms with E-state index >= 15 is 0 Å². The number of thioether (sulfide) groups is 1. The van der Waals surface area contributed by atoms with E-state index in [0.29, 0.717) is 5.92 Å². The molecule has 0 radical (unpaired) electrons. The zero-order valence-corrected chi connectivity index (χ0v) is 17.5. The van der Waals surface area contributed by atoms with Crippen molar-refractivity contribution in [1.29, 1.82) is 0 Å². The lowest BCUT2D eigenvalue weighted by Crippen LogP contribution is -2.40. The van der Waals surface area contributed by atoms with E-state index in [-0.39, 0.29) is 12.1 Å². The van der Waals surface area contributed by atoms with Crippen molar-refractivity contribution in [3.05, 3.63) is 65.0 Å². The van der Waals surface area contributed by atoms with Crippen LogP contribution in [0, 0.1) is 5.92 Å². The molecule has 1 aromatic carbocycles. The van der Waals surface area contributed by atoms with E-state index in [1.165, 1.54) is 36.3 Å². The Morgan fingerprint density at radius 1 is 1.18 bits per heavy atom. The Balaban J connectivity index is 1.27. The van der Waals surface area contributed by atoms with E-state index in [2.05, 4.69) is 47.1 Å². The van der Waals surface area contributed by atoms with Crippen molar-refractivity contribution in [2.75, 3.05) is 18.1 Å². The number of nitrogens with two attached hydrogens (primary N) is 1. The molecule has 2 aliphatic rings. The average molecular weight is 397 g/mol. The second kappa shape index (κ2) is 8.98. The first-order valence-corrected chi connectivity index (χ1v) is 11.8. The van der Waals surface area contributed by atoms with Gasteiger partial charge in [0, 0.05) is 17.4 Å². The monoisotopic (exact) mass is 396 g/mol. The molecule has 1 aromatic heterocycles. The van der Waals surface area contributed by atoms with E-state index in [1.807, 2.05) is 12.3 Å². The van der Waals surface area contributed by atoms with Gasteiger partial charge in [0.25, 0.3) is 0 Å². The summed E-state index contributed by atoms with van der Waals surface area (Å²) in [6.45, 7) is 0.105. The number of rotatable bonds is 7. The Morgan fingerprint density at radius 3 is 2.89 bits per heavy atom. The van der Waals surface area contributed by atoms with Gasteiger partial charge in [-0.1, -0.05) is 24.3 Å². The highest BCUT2D eigenvalue weighted by Gasteiger charge is 2.36. The molecule has 0 amide bonds. The summed E-state index contributed by atoms with van der Waals surface area (Å²) in [4.78, 5) is 4.41. The van der Waals surface area contributed by atoms with Crippen molar-refractivity contribution >= 4 is 11.8 Å². The van der Waals surface area contributed by atoms with E-state index in [0.717, 1.165) is 37.4 Å². The quantitative estimate of drug-likeness (QED) is 0.691. The van der Waals surface area contributed by atoms with E-state index in [9.17, 15) is 5.11 Å². The van der Waals surface area contributed by atoms with Crippen LogP contribution in [0.5, 0.6) is 0 Å². The normalized spacial score (nSPS) is 26.9. The first kappa shape index (κ1) is 19.9. The van der Waals surface area contributed by atoms with Gasteiger partial charge in [0.05, 0.1) is 6.61 Å². The predicted octanol–water partition coefficient (Wildman–Crippen LogP) is 4.12. The summed E-state index contributed by atoms with van der Waals surface area (Å²) in [7, 11) is 0. The third-order valence-corrected chi connectivity index (χ3v) is 7.77. The zero-order valence-electron chi connectivity index (χ0n) is 16.6. The third-order valence-electron chi connectivity index (χ3n) is 6.57. The smallest absolute Gasteiger partial charge is 0.0611 e. The number of aliphatic hydroxyl groups excluding tert-OH is 1. The summed E-state index contributed by atoms with van der Waals surface area (Å²) >= 11 is 2.08. The predicted molar refractivity (Wildman–Crippen MR) is 118 cm³/mol. The minimum atomic E-state index is -0.363. The Hall–Kier alpha value is -1.36. The second-order valence-corrected chi connectivity index (χ2v) is 9.89. The summed E-state index contributed by atoms with van der Waals surface area (Å²) in [6, 6.07) is 13.3. The van der Waals surface area contributed by atoms with Crippen LogP contribution in [0.15, 0.2) is 42.6 Å². The molecule has 0 spiro atoms. The van der Waals surface area contributed by atoms with Crippen LogP contribution in [0.2, 0.25) is 0 Å². The van der Waals surface area contributed by atoms with Gasteiger partial charge in [-0.3, -0.25) is 4.98 Å². The van der Waals surface area contributed by atoms with Gasteiger partial charge in [-0.25, -0.2) is 0 Å². The van der Waals surface area contributed by atoms with Gasteiger partial charge in [0.1, 0.15) is 0 Å². The molecular formula is C24H32N2OS. The number of pyridine rings is 1. The van der Waals surface area contributed by atoms with Crippen molar-refractivity contribution in [3.8, 4) is 0 Å². The highest BCUT2D eigenvalue weighted by molar-refractivity contribution is 7.99. The molecule has 1 saturated carbocycles. The molecule has 3 nitrogen and oxygen atoms in total. The molecule has 3 atom stereocenters. The van der Waals surface area contributed by atoms with Crippen LogP contribution in [0.3, 0.4) is 0 Å². The molecule has 2 aromatic rings. The largest absolute Gasteiger partial charge is 0.394 e. The van der Waals surface area contributed by atoms with E-state index in [4.69, 9.17) is 5.73 Å². The topological polar surface area (TPSA) is 59.1 Å². The SMILES string of the molecule is N[C@]1(CO)CC[C@H](c2ccc3c(c2)CCC(CSCCc2ccccn2)C3)C1. The molecule has 28 heavy (non-hydrogen) atoms. The van der Waals surface area contributed by atoms with Crippen molar-refractivity contribution in [2.45, 2.75) is 56.4 Å². The number of hydrogen-bond donors (Lipinski definition) is 2. The molecule has 4 rings (SSSR count). The lowest BCUT2D eigenvalue weighted by molar-refractivity contribution is 0.198. The molecule has 1 unspecified atom stereocenters. The maximum absolute atomic E-state index is 9.53. The first-order valence-electron chi connectivity index (χ1n) is 10.6. The number of aromatic nitrogens is 1. The fraction of sp³-hybridized carbons (Fsp3) is 0.542. The third kappa shape index (κ3) is 4.79. The highest BCUT2D eigenvalue weighted by Crippen LogP contribution is 2.40. The van der Waals surface area contributed by atoms with Crippen LogP contribution in [0.25, 0.3) is 0 Å². The summed E-state index contributed by atoms with van der Waals surface area (Å²) in [5, 5.41) is 9.53. The van der Waals surface area contributed by atoms with Crippen LogP contribution < -0.4 is 5.73 Å². The Kier molecular flexibility index (Phi) is 6.39. The Bertz CT molecular complexity index is 781. The van der Waals surface area contributed by atoms with Crippen LogP contribution in [0.4, 0.5) is 0 Å². The Morgan fingerprint density at radius 2 is 2.11 bits per heavy atom. The van der Waals surface area contributed by atoms with Gasteiger partial charge in [0.2, 0.25) is 0 Å². The van der Waals surface area contributed by atoms with Gasteiger partial charge in [-0.05, 0) is 97.1 Å². The zero-order chi connectivity index (χ0) is 19.4. The minimum absolute atomic E-state index is 0.105. The molecule has 0 bridgehead atoms. The van der Waals surface area contributed by atoms with Crippen molar-refractivity contribution < 1.29 is 5.11 Å². The molecule has 2 aliphatic carbocycles. The lowest BCUT2D eigenvalue weighted by Gasteiger charge is -2.26. The van der Waals surface area contributed by atoms with Crippen LogP contribution in [-0.2, 0) is 19.3 Å². The fourth-order valence-corrected chi connectivity index (χ4v) is 5.94. The number of nitrogens with zero attached hydrogens (tertiary/aromatic N) is 1. The van der Waals surface area contributed by atoms with Gasteiger partial charge in [0.15, 0.2) is 0 Å². The number of aryl methyl sites for hydroxylation is 2. The number of hydrogen-bond acceptors (Lipinski definition) is 4. The van der Waals surface area contributed by atoms with Crippen LogP contribution in [0.1, 0.15) is 54.0 Å². The van der Waals surface area contributed by atoms with Gasteiger partial charge < -0.3 is 10.8 Å². The number of aliphatic hydroxyl groups is 1. The molecular weight excluding hydrogens is 364 g/mol.